The Kier molecular flexibility index (Phi) is 3.79. The van der Waals surface area contributed by atoms with Gasteiger partial charge in [-0.15, -0.1) is 5.10 Å². The zero-order valence-corrected chi connectivity index (χ0v) is 11.1. The number of carbonyl (C=O) groups is 2. The quantitative estimate of drug-likeness (QED) is 0.888. The molecule has 7 nitrogen and oxygen atoms in total. The Morgan fingerprint density at radius 3 is 2.45 bits per heavy atom. The Bertz CT molecular complexity index is 634. The van der Waals surface area contributed by atoms with E-state index >= 15 is 0 Å². The van der Waals surface area contributed by atoms with Gasteiger partial charge in [0.25, 0.3) is 0 Å². The molecule has 2 aromatic rings. The zero-order chi connectivity index (χ0) is 14.7. The molecule has 1 aromatic heterocycles. The number of carbonyl (C=O) groups excluding carboxylic acids is 1. The van der Waals surface area contributed by atoms with Crippen molar-refractivity contribution in [2.24, 2.45) is 0 Å². The van der Waals surface area contributed by atoms with Gasteiger partial charge in [-0.25, -0.2) is 9.48 Å². The normalized spacial score (nSPS) is 10.3. The second-order valence-corrected chi connectivity index (χ2v) is 4.40. The molecular weight excluding hydrogens is 260 g/mol. The summed E-state index contributed by atoms with van der Waals surface area (Å²) in [6, 6.07) is 8.89. The molecule has 0 aliphatic carbocycles. The number of rotatable bonds is 4. The lowest BCUT2D eigenvalue weighted by atomic mass is 10.1. The van der Waals surface area contributed by atoms with Crippen LogP contribution in [0.4, 0.5) is 0 Å². The van der Waals surface area contributed by atoms with E-state index in [9.17, 15) is 14.7 Å². The fourth-order valence-electron chi connectivity index (χ4n) is 1.72. The molecule has 0 aliphatic heterocycles. The van der Waals surface area contributed by atoms with Gasteiger partial charge in [0.1, 0.15) is 12.2 Å². The van der Waals surface area contributed by atoms with Gasteiger partial charge >= 0.3 is 5.97 Å². The van der Waals surface area contributed by atoms with Crippen LogP contribution in [0.15, 0.2) is 30.3 Å². The molecule has 1 heterocycles. The number of hydrogen-bond acceptors (Lipinski definition) is 4. The molecule has 0 saturated heterocycles. The third kappa shape index (κ3) is 2.66. The number of hydrogen-bond donors (Lipinski definition) is 1. The lowest BCUT2D eigenvalue weighted by Crippen LogP contribution is -2.27. The van der Waals surface area contributed by atoms with Crippen LogP contribution >= 0.6 is 0 Å². The lowest BCUT2D eigenvalue weighted by molar-refractivity contribution is -0.129. The third-order valence-electron chi connectivity index (χ3n) is 2.77. The summed E-state index contributed by atoms with van der Waals surface area (Å²) in [6.45, 7) is -0.0580. The van der Waals surface area contributed by atoms with Crippen molar-refractivity contribution in [2.45, 2.75) is 6.54 Å². The van der Waals surface area contributed by atoms with E-state index in [-0.39, 0.29) is 18.1 Å². The first-order valence-electron chi connectivity index (χ1n) is 5.93. The number of likely N-dealkylation sites (N-methyl/N-ethyl adjacent to an activating group) is 1. The molecule has 1 N–H and O–H groups in total. The summed E-state index contributed by atoms with van der Waals surface area (Å²) < 4.78 is 1.31. The highest BCUT2D eigenvalue weighted by atomic mass is 16.4. The molecule has 1 amide bonds. The topological polar surface area (TPSA) is 88.3 Å². The van der Waals surface area contributed by atoms with E-state index in [1.54, 1.807) is 38.4 Å². The van der Waals surface area contributed by atoms with Gasteiger partial charge in [0.2, 0.25) is 5.91 Å². The first kappa shape index (κ1) is 13.7. The molecule has 0 atom stereocenters. The number of benzene rings is 1. The standard InChI is InChI=1S/C13H14N4O3/c1-16(2)10(18)8-17-12(9-6-4-3-5-7-9)11(13(19)20)14-15-17/h3-7H,8H2,1-2H3,(H,19,20). The number of aromatic carboxylic acids is 1. The van der Waals surface area contributed by atoms with Gasteiger partial charge in [-0.1, -0.05) is 35.5 Å². The monoisotopic (exact) mass is 274 g/mol. The van der Waals surface area contributed by atoms with Crippen molar-refractivity contribution in [3.63, 3.8) is 0 Å². The van der Waals surface area contributed by atoms with Crippen molar-refractivity contribution < 1.29 is 14.7 Å². The van der Waals surface area contributed by atoms with E-state index in [2.05, 4.69) is 10.3 Å². The minimum absolute atomic E-state index is 0.0580. The molecule has 0 aliphatic rings. The number of amides is 1. The first-order valence-corrected chi connectivity index (χ1v) is 5.93. The van der Waals surface area contributed by atoms with E-state index < -0.39 is 5.97 Å². The smallest absolute Gasteiger partial charge is 0.358 e. The number of carboxylic acid groups (broad SMARTS) is 1. The second kappa shape index (κ2) is 5.52. The van der Waals surface area contributed by atoms with E-state index in [1.807, 2.05) is 6.07 Å². The minimum Gasteiger partial charge on any atom is -0.476 e. The molecule has 0 bridgehead atoms. The zero-order valence-electron chi connectivity index (χ0n) is 11.1. The van der Waals surface area contributed by atoms with Crippen molar-refractivity contribution in [1.82, 2.24) is 19.9 Å². The van der Waals surface area contributed by atoms with Gasteiger partial charge in [-0.3, -0.25) is 4.79 Å². The molecular formula is C13H14N4O3. The fraction of sp³-hybridized carbons (Fsp3) is 0.231. The van der Waals surface area contributed by atoms with Crippen molar-refractivity contribution in [3.05, 3.63) is 36.0 Å². The molecule has 0 unspecified atom stereocenters. The van der Waals surface area contributed by atoms with Gasteiger partial charge in [0.15, 0.2) is 5.69 Å². The van der Waals surface area contributed by atoms with Crippen LogP contribution in [0.5, 0.6) is 0 Å². The first-order chi connectivity index (χ1) is 9.50. The third-order valence-corrected chi connectivity index (χ3v) is 2.77. The molecule has 1 aromatic carbocycles. The predicted octanol–water partition coefficient (Wildman–Crippen LogP) is 0.731. The van der Waals surface area contributed by atoms with Gasteiger partial charge in [0.05, 0.1) is 0 Å². The van der Waals surface area contributed by atoms with Gasteiger partial charge in [0, 0.05) is 19.7 Å². The summed E-state index contributed by atoms with van der Waals surface area (Å²) in [5, 5.41) is 16.6. The summed E-state index contributed by atoms with van der Waals surface area (Å²) in [5.41, 5.74) is 0.817. The summed E-state index contributed by atoms with van der Waals surface area (Å²) >= 11 is 0. The molecule has 0 saturated carbocycles. The van der Waals surface area contributed by atoms with Crippen LogP contribution in [0.3, 0.4) is 0 Å². The van der Waals surface area contributed by atoms with E-state index in [0.717, 1.165) is 0 Å². The summed E-state index contributed by atoms with van der Waals surface area (Å²) in [7, 11) is 3.25. The molecule has 104 valence electrons. The molecule has 0 radical (unpaired) electrons. The van der Waals surface area contributed by atoms with Crippen LogP contribution in [-0.2, 0) is 11.3 Å². The average Bonchev–Trinajstić information content (AvgIpc) is 2.83. The van der Waals surface area contributed by atoms with Crippen molar-refractivity contribution in [1.29, 1.82) is 0 Å². The molecule has 2 rings (SSSR count). The van der Waals surface area contributed by atoms with Crippen molar-refractivity contribution in [2.75, 3.05) is 14.1 Å². The Hall–Kier alpha value is -2.70. The number of nitrogens with zero attached hydrogens (tertiary/aromatic N) is 4. The summed E-state index contributed by atoms with van der Waals surface area (Å²) in [5.74, 6) is -1.36. The fourth-order valence-corrected chi connectivity index (χ4v) is 1.72. The maximum Gasteiger partial charge on any atom is 0.358 e. The average molecular weight is 274 g/mol. The summed E-state index contributed by atoms with van der Waals surface area (Å²) in [6.07, 6.45) is 0. The van der Waals surface area contributed by atoms with Gasteiger partial charge in [-0.05, 0) is 0 Å². The highest BCUT2D eigenvalue weighted by molar-refractivity contribution is 5.93. The van der Waals surface area contributed by atoms with Crippen molar-refractivity contribution in [3.8, 4) is 11.3 Å². The number of aromatic nitrogens is 3. The molecule has 0 fully saturated rings. The Labute approximate surface area is 115 Å². The largest absolute Gasteiger partial charge is 0.476 e. The van der Waals surface area contributed by atoms with Crippen LogP contribution in [0.25, 0.3) is 11.3 Å². The van der Waals surface area contributed by atoms with Crippen LogP contribution in [0.1, 0.15) is 10.5 Å². The van der Waals surface area contributed by atoms with Crippen molar-refractivity contribution >= 4 is 11.9 Å². The molecule has 0 spiro atoms. The minimum atomic E-state index is -1.17. The van der Waals surface area contributed by atoms with Gasteiger partial charge < -0.3 is 10.0 Å². The SMILES string of the molecule is CN(C)C(=O)Cn1nnc(C(=O)O)c1-c1ccccc1. The maximum atomic E-state index is 11.8. The van der Waals surface area contributed by atoms with E-state index in [1.165, 1.54) is 9.58 Å². The van der Waals surface area contributed by atoms with E-state index in [4.69, 9.17) is 0 Å². The van der Waals surface area contributed by atoms with Crippen LogP contribution in [0.2, 0.25) is 0 Å². The Morgan fingerprint density at radius 2 is 1.90 bits per heavy atom. The lowest BCUT2D eigenvalue weighted by Gasteiger charge is -2.11. The Morgan fingerprint density at radius 1 is 1.25 bits per heavy atom. The maximum absolute atomic E-state index is 11.8. The summed E-state index contributed by atoms with van der Waals surface area (Å²) in [4.78, 5) is 24.4. The highest BCUT2D eigenvalue weighted by Crippen LogP contribution is 2.22. The predicted molar refractivity (Wildman–Crippen MR) is 71.1 cm³/mol. The Balaban J connectivity index is 2.49. The second-order valence-electron chi connectivity index (χ2n) is 4.40. The van der Waals surface area contributed by atoms with Crippen LogP contribution in [0, 0.1) is 0 Å². The molecule has 20 heavy (non-hydrogen) atoms. The van der Waals surface area contributed by atoms with Gasteiger partial charge in [-0.2, -0.15) is 0 Å². The highest BCUT2D eigenvalue weighted by Gasteiger charge is 2.21. The number of carboxylic acids is 1. The van der Waals surface area contributed by atoms with Crippen LogP contribution in [-0.4, -0.2) is 51.0 Å². The van der Waals surface area contributed by atoms with Crippen LogP contribution < -0.4 is 0 Å². The molecule has 7 heteroatoms. The van der Waals surface area contributed by atoms with E-state index in [0.29, 0.717) is 11.3 Å².